The summed E-state index contributed by atoms with van der Waals surface area (Å²) in [5.41, 5.74) is 3.03. The number of ether oxygens (including phenoxy) is 1. The van der Waals surface area contributed by atoms with Crippen molar-refractivity contribution in [1.29, 1.82) is 0 Å². The van der Waals surface area contributed by atoms with Gasteiger partial charge in [-0.25, -0.2) is 0 Å². The van der Waals surface area contributed by atoms with Crippen molar-refractivity contribution in [3.63, 3.8) is 0 Å². The zero-order valence-electron chi connectivity index (χ0n) is 18.2. The van der Waals surface area contributed by atoms with Crippen LogP contribution in [0.2, 0.25) is 0 Å². The standard InChI is InChI=1S/C25H24N4O4/c1-33-18-9-10-23-21(14-18)22(16-28-23)20(19-7-2-3-8-24(19)29(31)32)15-25(30)27-13-11-17-6-4-5-12-26-17/h2-10,12,14,16,20,28H,11,13,15H2,1H3,(H,27,30). The molecule has 0 aliphatic carbocycles. The first-order valence-corrected chi connectivity index (χ1v) is 10.6. The normalized spacial score (nSPS) is 11.8. The Labute approximate surface area is 190 Å². The number of nitro groups is 1. The maximum absolute atomic E-state index is 12.9. The molecule has 1 unspecified atom stereocenters. The summed E-state index contributed by atoms with van der Waals surface area (Å²) >= 11 is 0. The molecule has 2 aromatic heterocycles. The van der Waals surface area contributed by atoms with Gasteiger partial charge in [-0.1, -0.05) is 24.3 Å². The molecule has 8 heteroatoms. The van der Waals surface area contributed by atoms with Crippen molar-refractivity contribution in [3.8, 4) is 5.75 Å². The first-order chi connectivity index (χ1) is 16.1. The zero-order chi connectivity index (χ0) is 23.2. The highest BCUT2D eigenvalue weighted by molar-refractivity contribution is 5.87. The number of pyridine rings is 1. The lowest BCUT2D eigenvalue weighted by atomic mass is 9.87. The number of nitrogens with one attached hydrogen (secondary N) is 2. The molecule has 4 rings (SSSR count). The smallest absolute Gasteiger partial charge is 0.273 e. The van der Waals surface area contributed by atoms with E-state index in [4.69, 9.17) is 4.74 Å². The highest BCUT2D eigenvalue weighted by Gasteiger charge is 2.27. The maximum atomic E-state index is 12.9. The predicted octanol–water partition coefficient (Wildman–Crippen LogP) is 4.36. The number of nitro benzene ring substituents is 1. The number of benzene rings is 2. The molecule has 0 bridgehead atoms. The molecule has 0 spiro atoms. The lowest BCUT2D eigenvalue weighted by Crippen LogP contribution is -2.27. The van der Waals surface area contributed by atoms with Gasteiger partial charge in [0.25, 0.3) is 5.69 Å². The zero-order valence-corrected chi connectivity index (χ0v) is 18.2. The molecule has 1 amide bonds. The molecule has 2 heterocycles. The van der Waals surface area contributed by atoms with Gasteiger partial charge < -0.3 is 15.0 Å². The number of hydrogen-bond acceptors (Lipinski definition) is 5. The maximum Gasteiger partial charge on any atom is 0.273 e. The number of para-hydroxylation sites is 1. The molecule has 0 fully saturated rings. The molecule has 168 valence electrons. The third-order valence-corrected chi connectivity index (χ3v) is 5.62. The van der Waals surface area contributed by atoms with Crippen LogP contribution < -0.4 is 10.1 Å². The Hall–Kier alpha value is -4.20. The van der Waals surface area contributed by atoms with E-state index in [0.29, 0.717) is 24.3 Å². The number of amides is 1. The Morgan fingerprint density at radius 3 is 2.73 bits per heavy atom. The fourth-order valence-corrected chi connectivity index (χ4v) is 4.01. The van der Waals surface area contributed by atoms with Crippen LogP contribution in [0.1, 0.15) is 29.2 Å². The highest BCUT2D eigenvalue weighted by Crippen LogP contribution is 2.38. The van der Waals surface area contributed by atoms with Crippen LogP contribution in [0.3, 0.4) is 0 Å². The molecule has 2 aromatic carbocycles. The fourth-order valence-electron chi connectivity index (χ4n) is 4.01. The van der Waals surface area contributed by atoms with Gasteiger partial charge >= 0.3 is 0 Å². The molecular formula is C25H24N4O4. The quantitative estimate of drug-likeness (QED) is 0.294. The third-order valence-electron chi connectivity index (χ3n) is 5.62. The number of H-pyrrole nitrogens is 1. The van der Waals surface area contributed by atoms with Crippen molar-refractivity contribution in [2.24, 2.45) is 0 Å². The first kappa shape index (κ1) is 22.0. The van der Waals surface area contributed by atoms with Crippen molar-refractivity contribution < 1.29 is 14.5 Å². The van der Waals surface area contributed by atoms with Crippen LogP contribution in [-0.2, 0) is 11.2 Å². The Morgan fingerprint density at radius 2 is 1.97 bits per heavy atom. The fraction of sp³-hybridized carbons (Fsp3) is 0.200. The highest BCUT2D eigenvalue weighted by atomic mass is 16.6. The summed E-state index contributed by atoms with van der Waals surface area (Å²) in [4.78, 5) is 31.7. The van der Waals surface area contributed by atoms with Crippen molar-refractivity contribution in [2.45, 2.75) is 18.8 Å². The largest absolute Gasteiger partial charge is 0.497 e. The Balaban J connectivity index is 1.64. The van der Waals surface area contributed by atoms with Crippen molar-refractivity contribution >= 4 is 22.5 Å². The minimum absolute atomic E-state index is 0.0129. The van der Waals surface area contributed by atoms with E-state index in [1.807, 2.05) is 42.6 Å². The van der Waals surface area contributed by atoms with Crippen LogP contribution in [0, 0.1) is 10.1 Å². The van der Waals surface area contributed by atoms with E-state index in [1.54, 1.807) is 31.5 Å². The topological polar surface area (TPSA) is 110 Å². The van der Waals surface area contributed by atoms with E-state index >= 15 is 0 Å². The van der Waals surface area contributed by atoms with Gasteiger partial charge in [-0.3, -0.25) is 19.9 Å². The van der Waals surface area contributed by atoms with Gasteiger partial charge in [0.15, 0.2) is 0 Å². The number of aromatic amines is 1. The molecule has 4 aromatic rings. The average molecular weight is 444 g/mol. The minimum atomic E-state index is -0.512. The molecule has 0 aliphatic heterocycles. The third kappa shape index (κ3) is 5.01. The predicted molar refractivity (Wildman–Crippen MR) is 125 cm³/mol. The summed E-state index contributed by atoms with van der Waals surface area (Å²) in [6.07, 6.45) is 4.20. The molecule has 0 aliphatic rings. The minimum Gasteiger partial charge on any atom is -0.497 e. The van der Waals surface area contributed by atoms with Crippen LogP contribution in [0.5, 0.6) is 5.75 Å². The summed E-state index contributed by atoms with van der Waals surface area (Å²) in [7, 11) is 1.59. The Morgan fingerprint density at radius 1 is 1.15 bits per heavy atom. The van der Waals surface area contributed by atoms with Crippen LogP contribution >= 0.6 is 0 Å². The molecule has 33 heavy (non-hydrogen) atoms. The second-order valence-corrected chi connectivity index (χ2v) is 7.65. The van der Waals surface area contributed by atoms with Gasteiger partial charge in [0.05, 0.1) is 12.0 Å². The van der Waals surface area contributed by atoms with Crippen LogP contribution in [0.15, 0.2) is 73.1 Å². The average Bonchev–Trinajstić information content (AvgIpc) is 3.26. The van der Waals surface area contributed by atoms with Gasteiger partial charge in [0.1, 0.15) is 5.75 Å². The van der Waals surface area contributed by atoms with Crippen molar-refractivity contribution in [3.05, 3.63) is 100.0 Å². The number of hydrogen-bond donors (Lipinski definition) is 2. The van der Waals surface area contributed by atoms with E-state index in [1.165, 1.54) is 6.07 Å². The second kappa shape index (κ2) is 9.95. The monoisotopic (exact) mass is 444 g/mol. The summed E-state index contributed by atoms with van der Waals surface area (Å²) in [5, 5.41) is 15.5. The van der Waals surface area contributed by atoms with E-state index in [2.05, 4.69) is 15.3 Å². The number of nitrogens with zero attached hydrogens (tertiary/aromatic N) is 2. The van der Waals surface area contributed by atoms with Gasteiger partial charge in [-0.2, -0.15) is 0 Å². The van der Waals surface area contributed by atoms with Crippen LogP contribution in [0.25, 0.3) is 10.9 Å². The lowest BCUT2D eigenvalue weighted by Gasteiger charge is -2.17. The number of fused-ring (bicyclic) bond motifs is 1. The van der Waals surface area contributed by atoms with Gasteiger partial charge in [-0.15, -0.1) is 0 Å². The molecule has 2 N–H and O–H groups in total. The van der Waals surface area contributed by atoms with Crippen LogP contribution in [-0.4, -0.2) is 34.5 Å². The molecule has 0 saturated heterocycles. The molecule has 8 nitrogen and oxygen atoms in total. The Kier molecular flexibility index (Phi) is 6.64. The second-order valence-electron chi connectivity index (χ2n) is 7.65. The lowest BCUT2D eigenvalue weighted by molar-refractivity contribution is -0.385. The molecule has 0 radical (unpaired) electrons. The summed E-state index contributed by atoms with van der Waals surface area (Å²) in [6, 6.07) is 17.8. The number of carbonyl (C=O) groups excluding carboxylic acids is 1. The van der Waals surface area contributed by atoms with Crippen molar-refractivity contribution in [1.82, 2.24) is 15.3 Å². The Bertz CT molecular complexity index is 1270. The molecule has 1 atom stereocenters. The summed E-state index contributed by atoms with van der Waals surface area (Å²) in [5.74, 6) is -0.0295. The summed E-state index contributed by atoms with van der Waals surface area (Å²) in [6.45, 7) is 0.432. The van der Waals surface area contributed by atoms with E-state index < -0.39 is 10.8 Å². The van der Waals surface area contributed by atoms with Gasteiger partial charge in [-0.05, 0) is 35.9 Å². The molecule has 0 saturated carbocycles. The number of aromatic nitrogens is 2. The van der Waals surface area contributed by atoms with Gasteiger partial charge in [0, 0.05) is 65.9 Å². The summed E-state index contributed by atoms with van der Waals surface area (Å²) < 4.78 is 5.36. The number of rotatable bonds is 9. The number of carbonyl (C=O) groups is 1. The van der Waals surface area contributed by atoms with Crippen LogP contribution in [0.4, 0.5) is 5.69 Å². The van der Waals surface area contributed by atoms with Crippen molar-refractivity contribution in [2.75, 3.05) is 13.7 Å². The first-order valence-electron chi connectivity index (χ1n) is 10.6. The van der Waals surface area contributed by atoms with Gasteiger partial charge in [0.2, 0.25) is 5.91 Å². The van der Waals surface area contributed by atoms with E-state index in [0.717, 1.165) is 22.2 Å². The molecular weight excluding hydrogens is 420 g/mol. The number of methoxy groups -OCH3 is 1. The van der Waals surface area contributed by atoms with E-state index in [-0.39, 0.29) is 18.0 Å². The van der Waals surface area contributed by atoms with E-state index in [9.17, 15) is 14.9 Å². The SMILES string of the molecule is COc1ccc2[nH]cc(C(CC(=O)NCCc3ccccn3)c3ccccc3[N+](=O)[O-])c2c1.